The molecule has 3 N–H and O–H groups in total. The van der Waals surface area contributed by atoms with Crippen molar-refractivity contribution in [2.45, 2.75) is 19.2 Å². The third-order valence-corrected chi connectivity index (χ3v) is 5.21. The van der Waals surface area contributed by atoms with Crippen LogP contribution < -0.4 is 15.8 Å². The number of hydrogen-bond acceptors (Lipinski definition) is 4. The Hall–Kier alpha value is -2.01. The zero-order chi connectivity index (χ0) is 19.4. The minimum Gasteiger partial charge on any atom is -0.406 e. The molecular weight excluding hydrogens is 373 g/mol. The molecule has 1 fully saturated rings. The number of anilines is 1. The highest BCUT2D eigenvalue weighted by atomic mass is 32.2. The Bertz CT molecular complexity index is 745. The zero-order valence-corrected chi connectivity index (χ0v) is 15.0. The van der Waals surface area contributed by atoms with Gasteiger partial charge in [-0.05, 0) is 30.9 Å². The minimum absolute atomic E-state index is 0.0692. The number of piperidine rings is 1. The van der Waals surface area contributed by atoms with E-state index >= 15 is 0 Å². The van der Waals surface area contributed by atoms with Gasteiger partial charge < -0.3 is 15.8 Å². The highest BCUT2D eigenvalue weighted by Crippen LogP contribution is 2.25. The number of alkyl halides is 3. The molecule has 0 saturated carbocycles. The molecule has 2 rings (SSSR count). The van der Waals surface area contributed by atoms with Crippen molar-refractivity contribution in [3.63, 3.8) is 0 Å². The lowest BCUT2D eigenvalue weighted by Gasteiger charge is -2.29. The molecule has 0 spiro atoms. The molecule has 1 saturated heterocycles. The van der Waals surface area contributed by atoms with Crippen molar-refractivity contribution in [3.8, 4) is 5.75 Å². The van der Waals surface area contributed by atoms with Crippen molar-refractivity contribution in [2.75, 3.05) is 31.2 Å². The molecule has 7 nitrogen and oxygen atoms in total. The third-order valence-electron chi connectivity index (χ3n) is 3.90. The number of nitrogens with two attached hydrogens (primary N) is 1. The van der Waals surface area contributed by atoms with E-state index in [4.69, 9.17) is 5.73 Å². The number of nitrogens with zero attached hydrogens (tertiary/aromatic N) is 2. The fourth-order valence-electron chi connectivity index (χ4n) is 2.61. The molecule has 1 aromatic carbocycles. The van der Waals surface area contributed by atoms with E-state index < -0.39 is 16.4 Å². The smallest absolute Gasteiger partial charge is 0.406 e. The number of rotatable bonds is 5. The Morgan fingerprint density at radius 1 is 1.38 bits per heavy atom. The van der Waals surface area contributed by atoms with Gasteiger partial charge in [0.05, 0.1) is 6.26 Å². The Balaban J connectivity index is 1.86. The van der Waals surface area contributed by atoms with Crippen LogP contribution in [0.1, 0.15) is 12.8 Å². The summed E-state index contributed by atoms with van der Waals surface area (Å²) in [5.74, 6) is -0.0867. The number of halogens is 3. The summed E-state index contributed by atoms with van der Waals surface area (Å²) >= 11 is 0. The van der Waals surface area contributed by atoms with Crippen molar-refractivity contribution in [1.29, 1.82) is 0 Å². The molecule has 0 amide bonds. The number of hydrogen-bond donors (Lipinski definition) is 2. The van der Waals surface area contributed by atoms with Gasteiger partial charge in [0.1, 0.15) is 5.75 Å². The molecule has 1 aliphatic rings. The Labute approximate surface area is 150 Å². The van der Waals surface area contributed by atoms with Crippen molar-refractivity contribution in [3.05, 3.63) is 24.3 Å². The average Bonchev–Trinajstić information content (AvgIpc) is 2.51. The van der Waals surface area contributed by atoms with Gasteiger partial charge >= 0.3 is 6.36 Å². The predicted octanol–water partition coefficient (Wildman–Crippen LogP) is 1.98. The number of sulfonamides is 1. The second-order valence-corrected chi connectivity index (χ2v) is 8.01. The SMILES string of the molecule is CS(=O)(=O)N1CCC(CN=C(N)Nc2cccc(OC(F)(F)F)c2)CC1. The second kappa shape index (κ2) is 8.12. The summed E-state index contributed by atoms with van der Waals surface area (Å²) < 4.78 is 64.9. The topological polar surface area (TPSA) is 97.0 Å². The summed E-state index contributed by atoms with van der Waals surface area (Å²) in [5.41, 5.74) is 6.09. The monoisotopic (exact) mass is 394 g/mol. The van der Waals surface area contributed by atoms with Crippen LogP contribution in [0.4, 0.5) is 18.9 Å². The first-order valence-electron chi connectivity index (χ1n) is 7.91. The highest BCUT2D eigenvalue weighted by Gasteiger charge is 2.31. The van der Waals surface area contributed by atoms with Crippen LogP contribution in [0, 0.1) is 5.92 Å². The lowest BCUT2D eigenvalue weighted by Crippen LogP contribution is -2.38. The van der Waals surface area contributed by atoms with Crippen LogP contribution in [0.25, 0.3) is 0 Å². The van der Waals surface area contributed by atoms with Gasteiger partial charge in [-0.2, -0.15) is 0 Å². The van der Waals surface area contributed by atoms with Crippen LogP contribution in [0.2, 0.25) is 0 Å². The Morgan fingerprint density at radius 3 is 2.62 bits per heavy atom. The predicted molar refractivity (Wildman–Crippen MR) is 92.4 cm³/mol. The van der Waals surface area contributed by atoms with E-state index in [-0.39, 0.29) is 17.6 Å². The van der Waals surface area contributed by atoms with Gasteiger partial charge in [-0.1, -0.05) is 6.07 Å². The summed E-state index contributed by atoms with van der Waals surface area (Å²) in [4.78, 5) is 4.19. The van der Waals surface area contributed by atoms with Gasteiger partial charge in [0, 0.05) is 31.4 Å². The van der Waals surface area contributed by atoms with E-state index in [2.05, 4.69) is 15.0 Å². The zero-order valence-electron chi connectivity index (χ0n) is 14.2. The van der Waals surface area contributed by atoms with E-state index in [0.717, 1.165) is 0 Å². The Kier molecular flexibility index (Phi) is 6.34. The number of benzene rings is 1. The standard InChI is InChI=1S/C15H21F3N4O3S/c1-26(23,24)22-7-5-11(6-8-22)10-20-14(19)21-12-3-2-4-13(9-12)25-15(16,17)18/h2-4,9,11H,5-8,10H2,1H3,(H3,19,20,21). The van der Waals surface area contributed by atoms with Crippen LogP contribution in [-0.4, -0.2) is 50.9 Å². The lowest BCUT2D eigenvalue weighted by atomic mass is 9.98. The van der Waals surface area contributed by atoms with Crippen molar-refractivity contribution in [2.24, 2.45) is 16.6 Å². The summed E-state index contributed by atoms with van der Waals surface area (Å²) in [7, 11) is -3.17. The molecule has 0 aromatic heterocycles. The van der Waals surface area contributed by atoms with E-state index in [1.54, 1.807) is 0 Å². The van der Waals surface area contributed by atoms with Gasteiger partial charge in [-0.25, -0.2) is 12.7 Å². The number of nitrogens with one attached hydrogen (secondary N) is 1. The molecular formula is C15H21F3N4O3S. The fraction of sp³-hybridized carbons (Fsp3) is 0.533. The Morgan fingerprint density at radius 2 is 2.04 bits per heavy atom. The van der Waals surface area contributed by atoms with E-state index in [1.165, 1.54) is 34.8 Å². The third kappa shape index (κ3) is 6.71. The molecule has 0 bridgehead atoms. The van der Waals surface area contributed by atoms with E-state index in [9.17, 15) is 21.6 Å². The fourth-order valence-corrected chi connectivity index (χ4v) is 3.48. The lowest BCUT2D eigenvalue weighted by molar-refractivity contribution is -0.274. The van der Waals surface area contributed by atoms with Crippen LogP contribution >= 0.6 is 0 Å². The van der Waals surface area contributed by atoms with Crippen molar-refractivity contribution >= 4 is 21.7 Å². The molecule has 0 radical (unpaired) electrons. The van der Waals surface area contributed by atoms with E-state index in [0.29, 0.717) is 38.2 Å². The molecule has 1 aliphatic heterocycles. The first-order valence-corrected chi connectivity index (χ1v) is 9.75. The van der Waals surface area contributed by atoms with Crippen LogP contribution in [0.3, 0.4) is 0 Å². The molecule has 146 valence electrons. The quantitative estimate of drug-likeness (QED) is 0.588. The molecule has 0 atom stereocenters. The number of ether oxygens (including phenoxy) is 1. The summed E-state index contributed by atoms with van der Waals surface area (Å²) in [5, 5.41) is 2.71. The van der Waals surface area contributed by atoms with Crippen LogP contribution in [0.15, 0.2) is 29.3 Å². The first kappa shape index (κ1) is 20.3. The molecule has 1 aromatic rings. The van der Waals surface area contributed by atoms with Crippen LogP contribution in [-0.2, 0) is 10.0 Å². The first-order chi connectivity index (χ1) is 12.0. The average molecular weight is 394 g/mol. The normalized spacial score (nSPS) is 17.9. The van der Waals surface area contributed by atoms with Gasteiger partial charge in [0.2, 0.25) is 10.0 Å². The summed E-state index contributed by atoms with van der Waals surface area (Å²) in [6.07, 6.45) is -2.22. The number of guanidine groups is 1. The maximum Gasteiger partial charge on any atom is 0.573 e. The van der Waals surface area contributed by atoms with Crippen LogP contribution in [0.5, 0.6) is 5.75 Å². The maximum atomic E-state index is 12.2. The van der Waals surface area contributed by atoms with E-state index in [1.807, 2.05) is 0 Å². The van der Waals surface area contributed by atoms with Gasteiger partial charge in [0.25, 0.3) is 0 Å². The molecule has 0 aliphatic carbocycles. The molecule has 11 heteroatoms. The largest absolute Gasteiger partial charge is 0.573 e. The van der Waals surface area contributed by atoms with Crippen molar-refractivity contribution in [1.82, 2.24) is 4.31 Å². The molecule has 26 heavy (non-hydrogen) atoms. The highest BCUT2D eigenvalue weighted by molar-refractivity contribution is 7.88. The second-order valence-electron chi connectivity index (χ2n) is 6.03. The molecule has 1 heterocycles. The van der Waals surface area contributed by atoms with Gasteiger partial charge in [-0.3, -0.25) is 4.99 Å². The van der Waals surface area contributed by atoms with Gasteiger partial charge in [0.15, 0.2) is 5.96 Å². The minimum atomic E-state index is -4.76. The number of aliphatic imine (C=N–C) groups is 1. The molecule has 0 unspecified atom stereocenters. The summed E-state index contributed by atoms with van der Waals surface area (Å²) in [6, 6.07) is 5.29. The van der Waals surface area contributed by atoms with Crippen molar-refractivity contribution < 1.29 is 26.3 Å². The maximum absolute atomic E-state index is 12.2. The van der Waals surface area contributed by atoms with Gasteiger partial charge in [-0.15, -0.1) is 13.2 Å². The summed E-state index contributed by atoms with van der Waals surface area (Å²) in [6.45, 7) is 1.31.